The highest BCUT2D eigenvalue weighted by Crippen LogP contribution is 2.61. The first-order chi connectivity index (χ1) is 18.8. The van der Waals surface area contributed by atoms with Crippen molar-refractivity contribution in [2.75, 3.05) is 16.8 Å². The zero-order valence-corrected chi connectivity index (χ0v) is 21.9. The van der Waals surface area contributed by atoms with Crippen molar-refractivity contribution in [3.63, 3.8) is 0 Å². The summed E-state index contributed by atoms with van der Waals surface area (Å²) in [6, 6.07) is 22.3. The molecule has 3 aromatic carbocycles. The lowest BCUT2D eigenvalue weighted by molar-refractivity contribution is -0.123. The van der Waals surface area contributed by atoms with Gasteiger partial charge in [0.25, 0.3) is 5.91 Å². The lowest BCUT2D eigenvalue weighted by Crippen LogP contribution is -2.33. The summed E-state index contributed by atoms with van der Waals surface area (Å²) in [6.07, 6.45) is 1.82. The molecule has 39 heavy (non-hydrogen) atoms. The SMILES string of the molecule is Cc1cccc(C)c1NC(=O)COC(=O)c1cccc(N2C(=O)[C@@H]3[C@@H]4C[C@@H]([C@H]3C2=O)[C@@H](c2ccccc2)C4)c1. The molecule has 5 atom stereocenters. The zero-order valence-electron chi connectivity index (χ0n) is 21.9. The highest BCUT2D eigenvalue weighted by Gasteiger charge is 2.64. The van der Waals surface area contributed by atoms with Gasteiger partial charge in [0.05, 0.1) is 23.1 Å². The number of rotatable bonds is 6. The molecule has 1 saturated heterocycles. The molecule has 6 rings (SSSR count). The second kappa shape index (κ2) is 9.80. The van der Waals surface area contributed by atoms with Crippen molar-refractivity contribution in [2.24, 2.45) is 23.7 Å². The van der Waals surface area contributed by atoms with Crippen LogP contribution < -0.4 is 10.2 Å². The van der Waals surface area contributed by atoms with Gasteiger partial charge in [-0.15, -0.1) is 0 Å². The van der Waals surface area contributed by atoms with Crippen LogP contribution in [0.4, 0.5) is 11.4 Å². The summed E-state index contributed by atoms with van der Waals surface area (Å²) in [5.41, 5.74) is 4.29. The fourth-order valence-electron chi connectivity index (χ4n) is 6.97. The number of hydrogen-bond acceptors (Lipinski definition) is 5. The van der Waals surface area contributed by atoms with Crippen molar-refractivity contribution < 1.29 is 23.9 Å². The van der Waals surface area contributed by atoms with Crippen LogP contribution in [0.2, 0.25) is 0 Å². The first-order valence-corrected chi connectivity index (χ1v) is 13.4. The standard InChI is InChI=1S/C32H30N2O5/c1-18-8-6-9-19(2)29(18)33-26(35)17-39-32(38)21-12-7-13-23(14-21)34-30(36)27-22-15-24(20-10-4-3-5-11-20)25(16-22)28(27)31(34)37/h3-14,22,24-25,27-28H,15-17H2,1-2H3,(H,33,35)/t22-,24+,25+,27+,28+/m0/s1. The highest BCUT2D eigenvalue weighted by atomic mass is 16.5. The van der Waals surface area contributed by atoms with Gasteiger partial charge in [-0.05, 0) is 79.3 Å². The van der Waals surface area contributed by atoms with Crippen LogP contribution in [0.5, 0.6) is 0 Å². The summed E-state index contributed by atoms with van der Waals surface area (Å²) in [5.74, 6) is -1.51. The van der Waals surface area contributed by atoms with Gasteiger partial charge in [0.15, 0.2) is 6.61 Å². The van der Waals surface area contributed by atoms with E-state index in [0.29, 0.717) is 11.4 Å². The first-order valence-electron chi connectivity index (χ1n) is 13.4. The van der Waals surface area contributed by atoms with Crippen molar-refractivity contribution in [3.8, 4) is 0 Å². The van der Waals surface area contributed by atoms with Gasteiger partial charge in [0, 0.05) is 5.69 Å². The van der Waals surface area contributed by atoms with Gasteiger partial charge in [-0.3, -0.25) is 19.3 Å². The topological polar surface area (TPSA) is 92.8 Å². The number of carbonyl (C=O) groups is 4. The third-order valence-corrected chi connectivity index (χ3v) is 8.66. The molecule has 7 nitrogen and oxygen atoms in total. The van der Waals surface area contributed by atoms with E-state index in [1.807, 2.05) is 50.2 Å². The van der Waals surface area contributed by atoms with Crippen molar-refractivity contribution >= 4 is 35.1 Å². The lowest BCUT2D eigenvalue weighted by Gasteiger charge is -2.28. The maximum atomic E-state index is 13.6. The second-order valence-corrected chi connectivity index (χ2v) is 10.9. The first kappa shape index (κ1) is 25.0. The maximum Gasteiger partial charge on any atom is 0.338 e. The molecule has 3 aliphatic rings. The number of esters is 1. The molecule has 1 aliphatic heterocycles. The summed E-state index contributed by atoms with van der Waals surface area (Å²) in [5, 5.41) is 2.79. The normalized spacial score (nSPS) is 25.1. The van der Waals surface area contributed by atoms with Gasteiger partial charge in [0.1, 0.15) is 0 Å². The molecule has 0 radical (unpaired) electrons. The van der Waals surface area contributed by atoms with E-state index in [1.165, 1.54) is 16.5 Å². The molecule has 1 N–H and O–H groups in total. The smallest absolute Gasteiger partial charge is 0.338 e. The van der Waals surface area contributed by atoms with Crippen molar-refractivity contribution in [3.05, 3.63) is 95.1 Å². The second-order valence-electron chi connectivity index (χ2n) is 10.9. The molecule has 2 bridgehead atoms. The molecule has 7 heteroatoms. The summed E-state index contributed by atoms with van der Waals surface area (Å²) >= 11 is 0. The average molecular weight is 523 g/mol. The van der Waals surface area contributed by atoms with Crippen LogP contribution >= 0.6 is 0 Å². The Bertz CT molecular complexity index is 1460. The van der Waals surface area contributed by atoms with Gasteiger partial charge in [-0.2, -0.15) is 0 Å². The van der Waals surface area contributed by atoms with Gasteiger partial charge in [0.2, 0.25) is 11.8 Å². The molecule has 1 heterocycles. The fourth-order valence-corrected chi connectivity index (χ4v) is 6.97. The Morgan fingerprint density at radius 1 is 0.872 bits per heavy atom. The third-order valence-electron chi connectivity index (χ3n) is 8.66. The monoisotopic (exact) mass is 522 g/mol. The molecule has 0 spiro atoms. The molecular weight excluding hydrogens is 492 g/mol. The molecule has 3 fully saturated rings. The number of hydrogen-bond donors (Lipinski definition) is 1. The fraction of sp³-hybridized carbons (Fsp3) is 0.312. The van der Waals surface area contributed by atoms with Crippen molar-refractivity contribution in [1.29, 1.82) is 0 Å². The van der Waals surface area contributed by atoms with Crippen LogP contribution in [0.25, 0.3) is 0 Å². The van der Waals surface area contributed by atoms with E-state index >= 15 is 0 Å². The minimum atomic E-state index is -0.697. The van der Waals surface area contributed by atoms with E-state index < -0.39 is 18.5 Å². The van der Waals surface area contributed by atoms with Gasteiger partial charge >= 0.3 is 5.97 Å². The lowest BCUT2D eigenvalue weighted by atomic mass is 9.73. The number of amides is 3. The quantitative estimate of drug-likeness (QED) is 0.362. The molecule has 2 aliphatic carbocycles. The van der Waals surface area contributed by atoms with Crippen LogP contribution in [0.15, 0.2) is 72.8 Å². The van der Waals surface area contributed by atoms with Crippen LogP contribution in [0, 0.1) is 37.5 Å². The van der Waals surface area contributed by atoms with Crippen LogP contribution in [-0.4, -0.2) is 30.3 Å². The Morgan fingerprint density at radius 2 is 1.56 bits per heavy atom. The van der Waals surface area contributed by atoms with Crippen LogP contribution in [-0.2, 0) is 19.1 Å². The largest absolute Gasteiger partial charge is 0.452 e. The summed E-state index contributed by atoms with van der Waals surface area (Å²) < 4.78 is 5.26. The number of carbonyl (C=O) groups excluding carboxylic acids is 4. The Balaban J connectivity index is 1.15. The predicted octanol–water partition coefficient (Wildman–Crippen LogP) is 5.03. The zero-order chi connectivity index (χ0) is 27.3. The minimum Gasteiger partial charge on any atom is -0.452 e. The number of imide groups is 1. The minimum absolute atomic E-state index is 0.146. The molecule has 2 saturated carbocycles. The van der Waals surface area contributed by atoms with E-state index in [0.717, 1.165) is 24.0 Å². The predicted molar refractivity (Wildman–Crippen MR) is 146 cm³/mol. The number of nitrogens with one attached hydrogen (secondary N) is 1. The van der Waals surface area contributed by atoms with Crippen LogP contribution in [0.1, 0.15) is 45.8 Å². The number of aryl methyl sites for hydroxylation is 2. The molecule has 198 valence electrons. The van der Waals surface area contributed by atoms with E-state index in [2.05, 4.69) is 17.4 Å². The van der Waals surface area contributed by atoms with Gasteiger partial charge in [-0.1, -0.05) is 54.6 Å². The average Bonchev–Trinajstić information content (AvgIpc) is 3.61. The number of anilines is 2. The molecule has 3 amide bonds. The summed E-state index contributed by atoms with van der Waals surface area (Å²) in [4.78, 5) is 53.6. The number of fused-ring (bicyclic) bond motifs is 5. The maximum absolute atomic E-state index is 13.6. The van der Waals surface area contributed by atoms with E-state index in [-0.39, 0.29) is 47.0 Å². The summed E-state index contributed by atoms with van der Waals surface area (Å²) in [6.45, 7) is 3.33. The van der Waals surface area contributed by atoms with Crippen molar-refractivity contribution in [1.82, 2.24) is 0 Å². The van der Waals surface area contributed by atoms with Gasteiger partial charge < -0.3 is 10.1 Å². The molecule has 3 aromatic rings. The molecule has 0 unspecified atom stereocenters. The Morgan fingerprint density at radius 3 is 2.31 bits per heavy atom. The Kier molecular flexibility index (Phi) is 6.29. The van der Waals surface area contributed by atoms with Crippen molar-refractivity contribution in [2.45, 2.75) is 32.6 Å². The van der Waals surface area contributed by atoms with Crippen LogP contribution in [0.3, 0.4) is 0 Å². The Labute approximate surface area is 227 Å². The highest BCUT2D eigenvalue weighted by molar-refractivity contribution is 6.23. The van der Waals surface area contributed by atoms with E-state index in [4.69, 9.17) is 4.74 Å². The molecule has 0 aromatic heterocycles. The third kappa shape index (κ3) is 4.32. The van der Waals surface area contributed by atoms with E-state index in [1.54, 1.807) is 18.2 Å². The summed E-state index contributed by atoms with van der Waals surface area (Å²) in [7, 11) is 0. The number of ether oxygens (including phenoxy) is 1. The van der Waals surface area contributed by atoms with Gasteiger partial charge in [-0.25, -0.2) is 4.79 Å². The number of nitrogens with zero attached hydrogens (tertiary/aromatic N) is 1. The van der Waals surface area contributed by atoms with E-state index in [9.17, 15) is 19.2 Å². The molecular formula is C32H30N2O5. The number of benzene rings is 3. The Hall–Kier alpha value is -4.26. The number of para-hydroxylation sites is 1.